The van der Waals surface area contributed by atoms with Gasteiger partial charge in [-0.25, -0.2) is 0 Å². The summed E-state index contributed by atoms with van der Waals surface area (Å²) >= 11 is 0. The molecule has 3 nitrogen and oxygen atoms in total. The van der Waals surface area contributed by atoms with Crippen molar-refractivity contribution in [2.24, 2.45) is 5.73 Å². The number of ether oxygens (including phenoxy) is 1. The van der Waals surface area contributed by atoms with Crippen molar-refractivity contribution in [2.45, 2.75) is 12.5 Å². The Balaban J connectivity index is 2.48. The second kappa shape index (κ2) is 2.85. The van der Waals surface area contributed by atoms with Gasteiger partial charge in [0, 0.05) is 5.56 Å². The first-order valence-electron chi connectivity index (χ1n) is 4.19. The van der Waals surface area contributed by atoms with Crippen LogP contribution in [0.4, 0.5) is 0 Å². The van der Waals surface area contributed by atoms with Gasteiger partial charge in [0.15, 0.2) is 5.78 Å². The molecule has 1 aliphatic carbocycles. The number of benzene rings is 1. The number of fused-ring (bicyclic) bond motifs is 1. The summed E-state index contributed by atoms with van der Waals surface area (Å²) in [6.07, 6.45) is 0.651. The van der Waals surface area contributed by atoms with E-state index in [0.29, 0.717) is 17.7 Å². The molecule has 0 saturated heterocycles. The number of carbonyl (C=O) groups excluding carboxylic acids is 1. The second-order valence-corrected chi connectivity index (χ2v) is 3.20. The van der Waals surface area contributed by atoms with Gasteiger partial charge in [0.1, 0.15) is 5.75 Å². The molecule has 0 aliphatic heterocycles. The molecule has 0 fully saturated rings. The first-order chi connectivity index (χ1) is 6.22. The van der Waals surface area contributed by atoms with Crippen molar-refractivity contribution in [1.82, 2.24) is 0 Å². The molecule has 1 aromatic carbocycles. The highest BCUT2D eigenvalue weighted by atomic mass is 16.5. The van der Waals surface area contributed by atoms with Crippen LogP contribution < -0.4 is 10.5 Å². The summed E-state index contributed by atoms with van der Waals surface area (Å²) in [6.45, 7) is 0. The molecule has 0 spiro atoms. The molecule has 1 aliphatic rings. The molecule has 0 saturated carbocycles. The minimum Gasteiger partial charge on any atom is -0.497 e. The van der Waals surface area contributed by atoms with E-state index in [-0.39, 0.29) is 11.8 Å². The van der Waals surface area contributed by atoms with E-state index in [1.54, 1.807) is 13.2 Å². The van der Waals surface area contributed by atoms with E-state index in [2.05, 4.69) is 0 Å². The average molecular weight is 177 g/mol. The summed E-state index contributed by atoms with van der Waals surface area (Å²) in [7, 11) is 1.58. The number of rotatable bonds is 1. The van der Waals surface area contributed by atoms with Gasteiger partial charge in [0.25, 0.3) is 0 Å². The van der Waals surface area contributed by atoms with Gasteiger partial charge in [-0.2, -0.15) is 0 Å². The Hall–Kier alpha value is -1.35. The smallest absolute Gasteiger partial charge is 0.180 e. The average Bonchev–Trinajstić information content (AvgIpc) is 2.43. The van der Waals surface area contributed by atoms with Crippen molar-refractivity contribution in [2.75, 3.05) is 7.11 Å². The fourth-order valence-electron chi connectivity index (χ4n) is 1.62. The summed E-state index contributed by atoms with van der Waals surface area (Å²) in [5.74, 6) is 0.732. The Labute approximate surface area is 76.5 Å². The molecular formula is C10H11NO2. The number of hydrogen-bond acceptors (Lipinski definition) is 3. The standard InChI is InChI=1S/C10H11NO2/c1-13-7-3-2-6-4-9(11)10(12)8(6)5-7/h2-3,5,9H,4,11H2,1H3/t9-/m1/s1. The van der Waals surface area contributed by atoms with Gasteiger partial charge in [-0.1, -0.05) is 6.07 Å². The van der Waals surface area contributed by atoms with Crippen molar-refractivity contribution in [1.29, 1.82) is 0 Å². The Bertz CT molecular complexity index is 360. The summed E-state index contributed by atoms with van der Waals surface area (Å²) in [5, 5.41) is 0. The number of hydrogen-bond donors (Lipinski definition) is 1. The van der Waals surface area contributed by atoms with Gasteiger partial charge in [-0.3, -0.25) is 4.79 Å². The summed E-state index contributed by atoms with van der Waals surface area (Å²) in [4.78, 5) is 11.5. The van der Waals surface area contributed by atoms with Gasteiger partial charge >= 0.3 is 0 Å². The van der Waals surface area contributed by atoms with Gasteiger partial charge in [0.05, 0.1) is 13.2 Å². The molecule has 0 unspecified atom stereocenters. The Morgan fingerprint density at radius 1 is 1.54 bits per heavy atom. The normalized spacial score (nSPS) is 20.2. The molecule has 0 bridgehead atoms. The van der Waals surface area contributed by atoms with Gasteiger partial charge in [-0.15, -0.1) is 0 Å². The van der Waals surface area contributed by atoms with E-state index < -0.39 is 0 Å². The molecule has 1 atom stereocenters. The van der Waals surface area contributed by atoms with Crippen LogP contribution in [0.5, 0.6) is 5.75 Å². The van der Waals surface area contributed by atoms with E-state index in [4.69, 9.17) is 10.5 Å². The number of methoxy groups -OCH3 is 1. The largest absolute Gasteiger partial charge is 0.497 e. The first kappa shape index (κ1) is 8.26. The lowest BCUT2D eigenvalue weighted by molar-refractivity contribution is 0.0974. The molecule has 3 heteroatoms. The van der Waals surface area contributed by atoms with Gasteiger partial charge < -0.3 is 10.5 Å². The predicted molar refractivity (Wildman–Crippen MR) is 49.0 cm³/mol. The maximum Gasteiger partial charge on any atom is 0.180 e. The zero-order valence-electron chi connectivity index (χ0n) is 7.41. The summed E-state index contributed by atoms with van der Waals surface area (Å²) in [6, 6.07) is 5.15. The van der Waals surface area contributed by atoms with E-state index in [1.165, 1.54) is 0 Å². The monoisotopic (exact) mass is 177 g/mol. The van der Waals surface area contributed by atoms with E-state index >= 15 is 0 Å². The molecule has 1 aromatic rings. The Kier molecular flexibility index (Phi) is 1.81. The van der Waals surface area contributed by atoms with Crippen LogP contribution in [0.15, 0.2) is 18.2 Å². The number of nitrogens with two attached hydrogens (primary N) is 1. The first-order valence-corrected chi connectivity index (χ1v) is 4.19. The van der Waals surface area contributed by atoms with E-state index in [1.807, 2.05) is 12.1 Å². The quantitative estimate of drug-likeness (QED) is 0.689. The summed E-state index contributed by atoms with van der Waals surface area (Å²) < 4.78 is 5.03. The minimum atomic E-state index is -0.359. The molecule has 0 heterocycles. The van der Waals surface area contributed by atoms with E-state index in [0.717, 1.165) is 5.56 Å². The van der Waals surface area contributed by atoms with Crippen LogP contribution in [0.2, 0.25) is 0 Å². The van der Waals surface area contributed by atoms with Crippen molar-refractivity contribution >= 4 is 5.78 Å². The molecule has 68 valence electrons. The van der Waals surface area contributed by atoms with Crippen molar-refractivity contribution in [3.63, 3.8) is 0 Å². The summed E-state index contributed by atoms with van der Waals surface area (Å²) in [5.41, 5.74) is 7.37. The fourth-order valence-corrected chi connectivity index (χ4v) is 1.62. The Morgan fingerprint density at radius 2 is 2.31 bits per heavy atom. The molecule has 0 aromatic heterocycles. The third kappa shape index (κ3) is 1.21. The van der Waals surface area contributed by atoms with Gasteiger partial charge in [0.2, 0.25) is 0 Å². The lowest BCUT2D eigenvalue weighted by Gasteiger charge is -2.01. The third-order valence-electron chi connectivity index (χ3n) is 2.36. The van der Waals surface area contributed by atoms with Crippen LogP contribution in [-0.4, -0.2) is 18.9 Å². The predicted octanol–water partition coefficient (Wildman–Crippen LogP) is 0.761. The highest BCUT2D eigenvalue weighted by molar-refractivity contribution is 6.04. The zero-order valence-corrected chi connectivity index (χ0v) is 7.41. The molecule has 2 rings (SSSR count). The van der Waals surface area contributed by atoms with Crippen molar-refractivity contribution < 1.29 is 9.53 Å². The molecule has 2 N–H and O–H groups in total. The van der Waals surface area contributed by atoms with E-state index in [9.17, 15) is 4.79 Å². The lowest BCUT2D eigenvalue weighted by atomic mass is 10.1. The van der Waals surface area contributed by atoms with Crippen LogP contribution in [0.3, 0.4) is 0 Å². The zero-order chi connectivity index (χ0) is 9.42. The number of Topliss-reactive ketones (excluding diaryl/α,β-unsaturated/α-hetero) is 1. The lowest BCUT2D eigenvalue weighted by Crippen LogP contribution is -2.26. The molecule has 13 heavy (non-hydrogen) atoms. The van der Waals surface area contributed by atoms with Crippen LogP contribution in [0.1, 0.15) is 15.9 Å². The minimum absolute atomic E-state index is 0.0221. The second-order valence-electron chi connectivity index (χ2n) is 3.20. The fraction of sp³-hybridized carbons (Fsp3) is 0.300. The Morgan fingerprint density at radius 3 is 3.00 bits per heavy atom. The molecule has 0 amide bonds. The molecule has 0 radical (unpaired) electrons. The van der Waals surface area contributed by atoms with Crippen LogP contribution >= 0.6 is 0 Å². The maximum absolute atomic E-state index is 11.5. The topological polar surface area (TPSA) is 52.3 Å². The number of ketones is 1. The van der Waals surface area contributed by atoms with Crippen LogP contribution in [0, 0.1) is 0 Å². The van der Waals surface area contributed by atoms with Crippen molar-refractivity contribution in [3.8, 4) is 5.75 Å². The van der Waals surface area contributed by atoms with Crippen LogP contribution in [-0.2, 0) is 6.42 Å². The van der Waals surface area contributed by atoms with Gasteiger partial charge in [-0.05, 0) is 24.1 Å². The maximum atomic E-state index is 11.5. The highest BCUT2D eigenvalue weighted by Crippen LogP contribution is 2.25. The highest BCUT2D eigenvalue weighted by Gasteiger charge is 2.27. The number of carbonyl (C=O) groups is 1. The third-order valence-corrected chi connectivity index (χ3v) is 2.36. The molecular weight excluding hydrogens is 166 g/mol. The van der Waals surface area contributed by atoms with Crippen LogP contribution in [0.25, 0.3) is 0 Å². The SMILES string of the molecule is COc1ccc2c(c1)C(=O)[C@H](N)C2. The van der Waals surface area contributed by atoms with Crippen molar-refractivity contribution in [3.05, 3.63) is 29.3 Å².